The molecule has 0 aliphatic heterocycles. The van der Waals surface area contributed by atoms with Crippen LogP contribution in [-0.4, -0.2) is 15.1 Å². The summed E-state index contributed by atoms with van der Waals surface area (Å²) in [6.45, 7) is 0. The number of pyridine rings is 1. The number of aromatic nitrogens is 2. The molecule has 17 heavy (non-hydrogen) atoms. The summed E-state index contributed by atoms with van der Waals surface area (Å²) in [6.07, 6.45) is 2.42. The van der Waals surface area contributed by atoms with Crippen molar-refractivity contribution in [1.29, 1.82) is 0 Å². The summed E-state index contributed by atoms with van der Waals surface area (Å²) in [4.78, 5) is 7.25. The van der Waals surface area contributed by atoms with E-state index in [1.165, 1.54) is 0 Å². The van der Waals surface area contributed by atoms with Crippen LogP contribution in [0, 0.1) is 0 Å². The van der Waals surface area contributed by atoms with Crippen LogP contribution < -0.4 is 0 Å². The quantitative estimate of drug-likeness (QED) is 0.703. The van der Waals surface area contributed by atoms with Crippen LogP contribution in [0.5, 0.6) is 5.88 Å². The van der Waals surface area contributed by atoms with Crippen LogP contribution in [0.4, 0.5) is 0 Å². The van der Waals surface area contributed by atoms with E-state index in [0.717, 1.165) is 22.2 Å². The molecule has 3 rings (SSSR count). The Hall–Kier alpha value is -2.29. The first-order chi connectivity index (χ1) is 8.34. The smallest absolute Gasteiger partial charge is 0.194 e. The fourth-order valence-electron chi connectivity index (χ4n) is 2.03. The lowest BCUT2D eigenvalue weighted by Crippen LogP contribution is -1.87. The van der Waals surface area contributed by atoms with E-state index in [1.54, 1.807) is 6.20 Å². The molecule has 0 bridgehead atoms. The number of rotatable bonds is 2. The van der Waals surface area contributed by atoms with Crippen molar-refractivity contribution >= 4 is 11.0 Å². The third kappa shape index (κ3) is 1.76. The zero-order valence-electron chi connectivity index (χ0n) is 9.22. The Balaban J connectivity index is 2.08. The molecular weight excluding hydrogens is 212 g/mol. The van der Waals surface area contributed by atoms with Crippen molar-refractivity contribution in [2.75, 3.05) is 0 Å². The molecule has 2 N–H and O–H groups in total. The van der Waals surface area contributed by atoms with E-state index in [0.29, 0.717) is 6.42 Å². The maximum Gasteiger partial charge on any atom is 0.194 e. The first kappa shape index (κ1) is 9.90. The second-order valence-corrected chi connectivity index (χ2v) is 4.01. The predicted octanol–water partition coefficient (Wildman–Crippen LogP) is 2.86. The van der Waals surface area contributed by atoms with Gasteiger partial charge in [0.25, 0.3) is 0 Å². The van der Waals surface area contributed by atoms with E-state index in [1.807, 2.05) is 42.5 Å². The van der Waals surface area contributed by atoms with Crippen LogP contribution >= 0.6 is 0 Å². The molecule has 0 fully saturated rings. The van der Waals surface area contributed by atoms with Gasteiger partial charge < -0.3 is 10.1 Å². The van der Waals surface area contributed by atoms with Gasteiger partial charge in [-0.05, 0) is 17.7 Å². The summed E-state index contributed by atoms with van der Waals surface area (Å²) in [6, 6.07) is 13.8. The monoisotopic (exact) mass is 224 g/mol. The minimum absolute atomic E-state index is 0.211. The molecule has 0 aliphatic rings. The predicted molar refractivity (Wildman–Crippen MR) is 67.0 cm³/mol. The van der Waals surface area contributed by atoms with Crippen molar-refractivity contribution in [3.05, 3.63) is 59.8 Å². The second kappa shape index (κ2) is 3.94. The average Bonchev–Trinajstić information content (AvgIpc) is 2.68. The highest BCUT2D eigenvalue weighted by Crippen LogP contribution is 2.27. The van der Waals surface area contributed by atoms with Crippen molar-refractivity contribution in [1.82, 2.24) is 9.97 Å². The maximum absolute atomic E-state index is 9.90. The summed E-state index contributed by atoms with van der Waals surface area (Å²) in [5.74, 6) is 0.211. The highest BCUT2D eigenvalue weighted by Gasteiger charge is 2.11. The fourth-order valence-corrected chi connectivity index (χ4v) is 2.03. The van der Waals surface area contributed by atoms with Gasteiger partial charge in [0.05, 0.1) is 11.0 Å². The SMILES string of the molecule is Oc1[nH]c2cccnc2c1Cc1ccccc1. The van der Waals surface area contributed by atoms with Gasteiger partial charge >= 0.3 is 0 Å². The zero-order chi connectivity index (χ0) is 11.7. The topological polar surface area (TPSA) is 48.9 Å². The van der Waals surface area contributed by atoms with Crippen LogP contribution in [-0.2, 0) is 6.42 Å². The molecule has 0 saturated carbocycles. The fraction of sp³-hybridized carbons (Fsp3) is 0.0714. The molecule has 0 amide bonds. The van der Waals surface area contributed by atoms with Crippen LogP contribution in [0.25, 0.3) is 11.0 Å². The summed E-state index contributed by atoms with van der Waals surface area (Å²) in [7, 11) is 0. The number of aromatic amines is 1. The van der Waals surface area contributed by atoms with E-state index in [-0.39, 0.29) is 5.88 Å². The van der Waals surface area contributed by atoms with Crippen LogP contribution in [0.2, 0.25) is 0 Å². The molecule has 84 valence electrons. The second-order valence-electron chi connectivity index (χ2n) is 4.01. The van der Waals surface area contributed by atoms with Crippen molar-refractivity contribution in [2.24, 2.45) is 0 Å². The van der Waals surface area contributed by atoms with Crippen molar-refractivity contribution in [3.63, 3.8) is 0 Å². The first-order valence-corrected chi connectivity index (χ1v) is 5.53. The van der Waals surface area contributed by atoms with Gasteiger partial charge in [-0.3, -0.25) is 4.98 Å². The van der Waals surface area contributed by atoms with Crippen LogP contribution in [0.3, 0.4) is 0 Å². The molecule has 0 radical (unpaired) electrons. The van der Waals surface area contributed by atoms with Gasteiger partial charge in [-0.25, -0.2) is 0 Å². The molecule has 0 atom stereocenters. The van der Waals surface area contributed by atoms with E-state index in [9.17, 15) is 5.11 Å². The maximum atomic E-state index is 9.90. The zero-order valence-corrected chi connectivity index (χ0v) is 9.22. The summed E-state index contributed by atoms with van der Waals surface area (Å²) in [5.41, 5.74) is 3.73. The molecule has 3 aromatic rings. The van der Waals surface area contributed by atoms with E-state index >= 15 is 0 Å². The van der Waals surface area contributed by atoms with Gasteiger partial charge in [-0.1, -0.05) is 30.3 Å². The Morgan fingerprint density at radius 3 is 2.71 bits per heavy atom. The third-order valence-electron chi connectivity index (χ3n) is 2.86. The number of nitrogens with zero attached hydrogens (tertiary/aromatic N) is 1. The third-order valence-corrected chi connectivity index (χ3v) is 2.86. The summed E-state index contributed by atoms with van der Waals surface area (Å²) >= 11 is 0. The minimum atomic E-state index is 0.211. The number of hydrogen-bond donors (Lipinski definition) is 2. The number of nitrogens with one attached hydrogen (secondary N) is 1. The van der Waals surface area contributed by atoms with Gasteiger partial charge in [-0.2, -0.15) is 0 Å². The first-order valence-electron chi connectivity index (χ1n) is 5.53. The van der Waals surface area contributed by atoms with Gasteiger partial charge in [0.2, 0.25) is 0 Å². The van der Waals surface area contributed by atoms with Crippen molar-refractivity contribution < 1.29 is 5.11 Å². The highest BCUT2D eigenvalue weighted by atomic mass is 16.3. The number of fused-ring (bicyclic) bond motifs is 1. The Morgan fingerprint density at radius 2 is 1.88 bits per heavy atom. The minimum Gasteiger partial charge on any atom is -0.494 e. The number of hydrogen-bond acceptors (Lipinski definition) is 2. The number of aromatic hydroxyl groups is 1. The van der Waals surface area contributed by atoms with Crippen LogP contribution in [0.15, 0.2) is 48.7 Å². The van der Waals surface area contributed by atoms with Crippen molar-refractivity contribution in [3.8, 4) is 5.88 Å². The van der Waals surface area contributed by atoms with Gasteiger partial charge in [0.1, 0.15) is 0 Å². The lowest BCUT2D eigenvalue weighted by atomic mass is 10.1. The Kier molecular flexibility index (Phi) is 2.29. The lowest BCUT2D eigenvalue weighted by Gasteiger charge is -2.00. The molecule has 3 heteroatoms. The molecule has 1 aromatic carbocycles. The largest absolute Gasteiger partial charge is 0.494 e. The molecule has 0 unspecified atom stereocenters. The number of benzene rings is 1. The summed E-state index contributed by atoms with van der Waals surface area (Å²) in [5, 5.41) is 9.90. The Bertz CT molecular complexity index is 644. The molecule has 2 heterocycles. The number of H-pyrrole nitrogens is 1. The molecular formula is C14H12N2O. The highest BCUT2D eigenvalue weighted by molar-refractivity contribution is 5.81. The molecule has 0 spiro atoms. The standard InChI is InChI=1S/C14H12N2O/c17-14-11(9-10-5-2-1-3-6-10)13-12(16-14)7-4-8-15-13/h1-8,16-17H,9H2. The Morgan fingerprint density at radius 1 is 1.06 bits per heavy atom. The van der Waals surface area contributed by atoms with E-state index in [2.05, 4.69) is 9.97 Å². The lowest BCUT2D eigenvalue weighted by molar-refractivity contribution is 0.453. The van der Waals surface area contributed by atoms with Gasteiger partial charge in [0.15, 0.2) is 5.88 Å². The van der Waals surface area contributed by atoms with Gasteiger partial charge in [0, 0.05) is 18.2 Å². The molecule has 0 saturated heterocycles. The van der Waals surface area contributed by atoms with Crippen molar-refractivity contribution in [2.45, 2.75) is 6.42 Å². The van der Waals surface area contributed by atoms with E-state index in [4.69, 9.17) is 0 Å². The molecule has 3 nitrogen and oxygen atoms in total. The van der Waals surface area contributed by atoms with E-state index < -0.39 is 0 Å². The molecule has 0 aliphatic carbocycles. The average molecular weight is 224 g/mol. The van der Waals surface area contributed by atoms with Gasteiger partial charge in [-0.15, -0.1) is 0 Å². The molecule has 2 aromatic heterocycles. The Labute approximate surface area is 98.8 Å². The normalized spacial score (nSPS) is 10.8. The summed E-state index contributed by atoms with van der Waals surface area (Å²) < 4.78 is 0. The van der Waals surface area contributed by atoms with Crippen LogP contribution in [0.1, 0.15) is 11.1 Å².